The summed E-state index contributed by atoms with van der Waals surface area (Å²) in [5.41, 5.74) is -2.03. The molecule has 1 fully saturated rings. The van der Waals surface area contributed by atoms with Crippen LogP contribution in [0.25, 0.3) is 0 Å². The number of furan rings is 1. The molecule has 1 saturated carbocycles. The van der Waals surface area contributed by atoms with Gasteiger partial charge in [0.05, 0.1) is 12.4 Å². The molecular formula is C14H19NO5. The summed E-state index contributed by atoms with van der Waals surface area (Å²) in [5.74, 6) is -1.49. The van der Waals surface area contributed by atoms with Crippen LogP contribution in [0.4, 0.5) is 0 Å². The summed E-state index contributed by atoms with van der Waals surface area (Å²) in [4.78, 5) is 23.7. The van der Waals surface area contributed by atoms with Gasteiger partial charge < -0.3 is 19.6 Å². The van der Waals surface area contributed by atoms with E-state index < -0.39 is 22.8 Å². The fourth-order valence-electron chi connectivity index (χ4n) is 2.70. The van der Waals surface area contributed by atoms with Crippen molar-refractivity contribution in [2.45, 2.75) is 38.8 Å². The third kappa shape index (κ3) is 2.00. The van der Waals surface area contributed by atoms with Crippen LogP contribution in [-0.2, 0) is 9.53 Å². The number of ether oxygens (including phenoxy) is 1. The molecule has 0 aromatic carbocycles. The number of carbonyl (C=O) groups is 2. The number of aliphatic carboxylic acids is 1. The first-order valence-electron chi connectivity index (χ1n) is 6.56. The maximum Gasteiger partial charge on any atom is 0.330 e. The number of rotatable bonds is 5. The third-order valence-electron chi connectivity index (χ3n) is 4.20. The average Bonchev–Trinajstić information content (AvgIpc) is 2.90. The van der Waals surface area contributed by atoms with Crippen LogP contribution in [-0.4, -0.2) is 35.2 Å². The van der Waals surface area contributed by atoms with Gasteiger partial charge in [0.2, 0.25) is 0 Å². The summed E-state index contributed by atoms with van der Waals surface area (Å²) in [5, 5.41) is 12.1. The Morgan fingerprint density at radius 2 is 2.25 bits per heavy atom. The van der Waals surface area contributed by atoms with E-state index in [4.69, 9.17) is 9.15 Å². The molecule has 0 radical (unpaired) electrons. The van der Waals surface area contributed by atoms with Crippen LogP contribution < -0.4 is 5.32 Å². The fourth-order valence-corrected chi connectivity index (χ4v) is 2.70. The number of carbonyl (C=O) groups excluding carboxylic acids is 1. The standard InChI is InChI=1S/C14H19NO5/c1-4-19-10-8-14(12(17)18,13(10,2)3)15-11(16)9-6-5-7-20-9/h5-7,10H,4,8H2,1-3H3,(H,15,16)(H,17,18)/t10-,14-/m1/s1. The number of hydrogen-bond acceptors (Lipinski definition) is 4. The van der Waals surface area contributed by atoms with E-state index in [9.17, 15) is 14.7 Å². The normalized spacial score (nSPS) is 27.6. The lowest BCUT2D eigenvalue weighted by atomic mass is 9.54. The Balaban J connectivity index is 2.21. The molecule has 0 saturated heterocycles. The van der Waals surface area contributed by atoms with E-state index in [0.717, 1.165) is 0 Å². The molecule has 6 heteroatoms. The van der Waals surface area contributed by atoms with Crippen molar-refractivity contribution in [2.75, 3.05) is 6.61 Å². The Morgan fingerprint density at radius 1 is 1.55 bits per heavy atom. The molecule has 2 N–H and O–H groups in total. The number of hydrogen-bond donors (Lipinski definition) is 2. The van der Waals surface area contributed by atoms with Crippen molar-refractivity contribution in [2.24, 2.45) is 5.41 Å². The molecule has 0 aliphatic heterocycles. The number of amides is 1. The van der Waals surface area contributed by atoms with Crippen LogP contribution in [0.5, 0.6) is 0 Å². The van der Waals surface area contributed by atoms with Crippen LogP contribution in [0.3, 0.4) is 0 Å². The number of carboxylic acid groups (broad SMARTS) is 1. The zero-order valence-corrected chi connectivity index (χ0v) is 11.8. The van der Waals surface area contributed by atoms with E-state index in [1.165, 1.54) is 12.3 Å². The van der Waals surface area contributed by atoms with E-state index in [0.29, 0.717) is 6.61 Å². The first kappa shape index (κ1) is 14.6. The highest BCUT2D eigenvalue weighted by atomic mass is 16.5. The quantitative estimate of drug-likeness (QED) is 0.857. The summed E-state index contributed by atoms with van der Waals surface area (Å²) in [6.07, 6.45) is 1.42. The Labute approximate surface area is 117 Å². The first-order valence-corrected chi connectivity index (χ1v) is 6.56. The summed E-state index contributed by atoms with van der Waals surface area (Å²) in [6.45, 7) is 5.94. The van der Waals surface area contributed by atoms with Crippen molar-refractivity contribution in [3.8, 4) is 0 Å². The van der Waals surface area contributed by atoms with Crippen molar-refractivity contribution in [1.29, 1.82) is 0 Å². The number of carboxylic acids is 1. The fraction of sp³-hybridized carbons (Fsp3) is 0.571. The van der Waals surface area contributed by atoms with Crippen LogP contribution in [0.2, 0.25) is 0 Å². The molecule has 1 aliphatic rings. The van der Waals surface area contributed by atoms with Crippen LogP contribution >= 0.6 is 0 Å². The largest absolute Gasteiger partial charge is 0.479 e. The zero-order valence-electron chi connectivity index (χ0n) is 11.8. The summed E-state index contributed by atoms with van der Waals surface area (Å²) >= 11 is 0. The second-order valence-corrected chi connectivity index (χ2v) is 5.51. The smallest absolute Gasteiger partial charge is 0.330 e. The molecule has 2 atom stereocenters. The average molecular weight is 281 g/mol. The lowest BCUT2D eigenvalue weighted by Crippen LogP contribution is -2.76. The molecule has 1 aliphatic carbocycles. The third-order valence-corrected chi connectivity index (χ3v) is 4.20. The summed E-state index contributed by atoms with van der Waals surface area (Å²) in [7, 11) is 0. The minimum absolute atomic E-state index is 0.0984. The van der Waals surface area contributed by atoms with Gasteiger partial charge in [-0.05, 0) is 19.1 Å². The lowest BCUT2D eigenvalue weighted by molar-refractivity contribution is -0.190. The maximum atomic E-state index is 12.1. The van der Waals surface area contributed by atoms with E-state index in [1.807, 2.05) is 6.92 Å². The lowest BCUT2D eigenvalue weighted by Gasteiger charge is -2.58. The van der Waals surface area contributed by atoms with Crippen LogP contribution in [0.15, 0.2) is 22.8 Å². The molecule has 1 heterocycles. The second-order valence-electron chi connectivity index (χ2n) is 5.51. The minimum atomic E-state index is -1.34. The van der Waals surface area contributed by atoms with Crippen molar-refractivity contribution in [3.63, 3.8) is 0 Å². The molecule has 0 unspecified atom stereocenters. The van der Waals surface area contributed by atoms with Gasteiger partial charge in [-0.25, -0.2) is 4.79 Å². The predicted molar refractivity (Wildman–Crippen MR) is 70.4 cm³/mol. The SMILES string of the molecule is CCO[C@@H]1C[C@@](NC(=O)c2ccco2)(C(=O)O)C1(C)C. The second kappa shape index (κ2) is 4.94. The molecule has 0 spiro atoms. The summed E-state index contributed by atoms with van der Waals surface area (Å²) < 4.78 is 10.5. The highest BCUT2D eigenvalue weighted by Crippen LogP contribution is 2.51. The zero-order chi connectivity index (χ0) is 15.0. The molecule has 2 rings (SSSR count). The maximum absolute atomic E-state index is 12.1. The van der Waals surface area contributed by atoms with Gasteiger partial charge in [0.1, 0.15) is 5.54 Å². The Hall–Kier alpha value is -1.82. The van der Waals surface area contributed by atoms with E-state index >= 15 is 0 Å². The van der Waals surface area contributed by atoms with Gasteiger partial charge in [-0.2, -0.15) is 0 Å². The predicted octanol–water partition coefficient (Wildman–Crippen LogP) is 1.67. The van der Waals surface area contributed by atoms with Crippen LogP contribution in [0.1, 0.15) is 37.7 Å². The van der Waals surface area contributed by atoms with E-state index in [2.05, 4.69) is 5.32 Å². The van der Waals surface area contributed by atoms with E-state index in [1.54, 1.807) is 19.9 Å². The van der Waals surface area contributed by atoms with Crippen LogP contribution in [0, 0.1) is 5.41 Å². The molecule has 6 nitrogen and oxygen atoms in total. The molecule has 20 heavy (non-hydrogen) atoms. The Kier molecular flexibility index (Phi) is 3.60. The van der Waals surface area contributed by atoms with Gasteiger partial charge >= 0.3 is 5.97 Å². The van der Waals surface area contributed by atoms with Gasteiger partial charge in [-0.3, -0.25) is 4.79 Å². The number of nitrogens with one attached hydrogen (secondary N) is 1. The van der Waals surface area contributed by atoms with Gasteiger partial charge in [-0.15, -0.1) is 0 Å². The molecule has 1 aromatic rings. The van der Waals surface area contributed by atoms with Gasteiger partial charge in [0, 0.05) is 18.4 Å². The molecule has 1 aromatic heterocycles. The minimum Gasteiger partial charge on any atom is -0.479 e. The first-order chi connectivity index (χ1) is 9.35. The Morgan fingerprint density at radius 3 is 2.70 bits per heavy atom. The van der Waals surface area contributed by atoms with Gasteiger partial charge in [0.25, 0.3) is 5.91 Å². The molecule has 110 valence electrons. The molecular weight excluding hydrogens is 262 g/mol. The highest BCUT2D eigenvalue weighted by Gasteiger charge is 2.66. The van der Waals surface area contributed by atoms with Crippen molar-refractivity contribution < 1.29 is 23.8 Å². The topological polar surface area (TPSA) is 88.8 Å². The molecule has 1 amide bonds. The Bertz CT molecular complexity index is 508. The van der Waals surface area contributed by atoms with Crippen molar-refractivity contribution in [1.82, 2.24) is 5.32 Å². The molecule has 0 bridgehead atoms. The van der Waals surface area contributed by atoms with Gasteiger partial charge in [-0.1, -0.05) is 13.8 Å². The highest BCUT2D eigenvalue weighted by molar-refractivity contribution is 5.96. The van der Waals surface area contributed by atoms with E-state index in [-0.39, 0.29) is 18.3 Å². The monoisotopic (exact) mass is 281 g/mol. The van der Waals surface area contributed by atoms with Gasteiger partial charge in [0.15, 0.2) is 5.76 Å². The van der Waals surface area contributed by atoms with Crippen molar-refractivity contribution >= 4 is 11.9 Å². The summed E-state index contributed by atoms with van der Waals surface area (Å²) in [6, 6.07) is 3.08. The van der Waals surface area contributed by atoms with Crippen molar-refractivity contribution in [3.05, 3.63) is 24.2 Å².